The lowest BCUT2D eigenvalue weighted by Crippen LogP contribution is -2.45. The number of hydrogen-bond donors (Lipinski definition) is 1. The van der Waals surface area contributed by atoms with E-state index in [0.717, 1.165) is 0 Å². The zero-order valence-electron chi connectivity index (χ0n) is 17.4. The number of H-pyrrole nitrogens is 1. The Morgan fingerprint density at radius 1 is 1.29 bits per heavy atom. The Kier molecular flexibility index (Phi) is 5.92. The maximum absolute atomic E-state index is 13.1. The summed E-state index contributed by atoms with van der Waals surface area (Å²) in [6, 6.07) is 7.14. The van der Waals surface area contributed by atoms with Crippen molar-refractivity contribution in [2.24, 2.45) is 0 Å². The highest BCUT2D eigenvalue weighted by Crippen LogP contribution is 2.23. The third-order valence-electron chi connectivity index (χ3n) is 5.15. The SMILES string of the molecule is CC[C@H](Oc1cccc(OC)c1)C(=O)N1CCc2nc(-c3cnccn3)[nH]c(=O)c2C1. The van der Waals surface area contributed by atoms with E-state index < -0.39 is 6.10 Å². The molecule has 0 saturated carbocycles. The third-order valence-corrected chi connectivity index (χ3v) is 5.15. The minimum absolute atomic E-state index is 0.159. The van der Waals surface area contributed by atoms with Crippen molar-refractivity contribution in [3.63, 3.8) is 0 Å². The number of nitrogens with zero attached hydrogens (tertiary/aromatic N) is 4. The zero-order valence-corrected chi connectivity index (χ0v) is 17.4. The summed E-state index contributed by atoms with van der Waals surface area (Å²) in [6.45, 7) is 2.54. The second-order valence-electron chi connectivity index (χ2n) is 7.13. The number of methoxy groups -OCH3 is 1. The van der Waals surface area contributed by atoms with E-state index in [2.05, 4.69) is 19.9 Å². The smallest absolute Gasteiger partial charge is 0.263 e. The van der Waals surface area contributed by atoms with Crippen molar-refractivity contribution in [1.82, 2.24) is 24.8 Å². The molecule has 31 heavy (non-hydrogen) atoms. The van der Waals surface area contributed by atoms with Crippen molar-refractivity contribution >= 4 is 5.91 Å². The van der Waals surface area contributed by atoms with Gasteiger partial charge in [-0.1, -0.05) is 13.0 Å². The molecule has 0 spiro atoms. The number of carbonyl (C=O) groups excluding carboxylic acids is 1. The Labute approximate surface area is 179 Å². The van der Waals surface area contributed by atoms with E-state index >= 15 is 0 Å². The molecule has 1 aliphatic heterocycles. The molecule has 1 aromatic carbocycles. The average Bonchev–Trinajstić information content (AvgIpc) is 2.82. The van der Waals surface area contributed by atoms with Crippen LogP contribution in [0.3, 0.4) is 0 Å². The molecule has 9 nitrogen and oxygen atoms in total. The highest BCUT2D eigenvalue weighted by atomic mass is 16.5. The molecule has 0 bridgehead atoms. The van der Waals surface area contributed by atoms with Crippen LogP contribution in [0.15, 0.2) is 47.7 Å². The summed E-state index contributed by atoms with van der Waals surface area (Å²) in [5.41, 5.74) is 1.39. The first-order chi connectivity index (χ1) is 15.1. The molecule has 0 radical (unpaired) electrons. The van der Waals surface area contributed by atoms with E-state index in [1.807, 2.05) is 19.1 Å². The normalized spacial score (nSPS) is 13.9. The van der Waals surface area contributed by atoms with Crippen LogP contribution in [0.2, 0.25) is 0 Å². The van der Waals surface area contributed by atoms with Gasteiger partial charge in [-0.25, -0.2) is 9.97 Å². The summed E-state index contributed by atoms with van der Waals surface area (Å²) < 4.78 is 11.1. The molecule has 160 valence electrons. The summed E-state index contributed by atoms with van der Waals surface area (Å²) in [7, 11) is 1.58. The van der Waals surface area contributed by atoms with Crippen LogP contribution >= 0.6 is 0 Å². The molecule has 3 aromatic rings. The first-order valence-electron chi connectivity index (χ1n) is 10.1. The average molecular weight is 421 g/mol. The number of benzene rings is 1. The molecule has 3 heterocycles. The van der Waals surface area contributed by atoms with Crippen molar-refractivity contribution in [1.29, 1.82) is 0 Å². The van der Waals surface area contributed by atoms with Crippen molar-refractivity contribution in [3.05, 3.63) is 64.5 Å². The van der Waals surface area contributed by atoms with E-state index in [4.69, 9.17) is 9.47 Å². The van der Waals surface area contributed by atoms with Gasteiger partial charge < -0.3 is 19.4 Å². The molecule has 1 amide bonds. The van der Waals surface area contributed by atoms with Gasteiger partial charge in [0.05, 0.1) is 31.1 Å². The second-order valence-corrected chi connectivity index (χ2v) is 7.13. The minimum Gasteiger partial charge on any atom is -0.497 e. The molecule has 4 rings (SSSR count). The third kappa shape index (κ3) is 4.40. The fraction of sp³-hybridized carbons (Fsp3) is 0.318. The number of fused-ring (bicyclic) bond motifs is 1. The number of rotatable bonds is 6. The number of carbonyl (C=O) groups is 1. The van der Waals surface area contributed by atoms with Gasteiger partial charge in [0.2, 0.25) is 0 Å². The van der Waals surface area contributed by atoms with Gasteiger partial charge in [-0.3, -0.25) is 14.6 Å². The van der Waals surface area contributed by atoms with E-state index in [-0.39, 0.29) is 18.0 Å². The lowest BCUT2D eigenvalue weighted by atomic mass is 10.1. The van der Waals surface area contributed by atoms with Crippen LogP contribution in [0.1, 0.15) is 24.6 Å². The van der Waals surface area contributed by atoms with Gasteiger partial charge in [-0.05, 0) is 18.6 Å². The van der Waals surface area contributed by atoms with Crippen LogP contribution < -0.4 is 15.0 Å². The Balaban J connectivity index is 1.52. The number of ether oxygens (including phenoxy) is 2. The standard InChI is InChI=1S/C22H23N5O4/c1-3-19(31-15-6-4-5-14(11-15)30-2)22(29)27-10-7-17-16(13-27)21(28)26-20(25-17)18-12-23-8-9-24-18/h4-6,8-9,11-12,19H,3,7,10,13H2,1-2H3,(H,25,26,28)/t19-/m0/s1. The Bertz CT molecular complexity index is 1130. The van der Waals surface area contributed by atoms with Crippen LogP contribution in [0.4, 0.5) is 0 Å². The summed E-state index contributed by atoms with van der Waals surface area (Å²) >= 11 is 0. The van der Waals surface area contributed by atoms with Crippen molar-refractivity contribution in [2.45, 2.75) is 32.4 Å². The van der Waals surface area contributed by atoms with Gasteiger partial charge in [-0.2, -0.15) is 0 Å². The Morgan fingerprint density at radius 3 is 2.87 bits per heavy atom. The predicted octanol–water partition coefficient (Wildman–Crippen LogP) is 1.98. The van der Waals surface area contributed by atoms with Gasteiger partial charge in [0, 0.05) is 31.4 Å². The van der Waals surface area contributed by atoms with Crippen molar-refractivity contribution in [2.75, 3.05) is 13.7 Å². The number of aromatic nitrogens is 4. The van der Waals surface area contributed by atoms with E-state index in [0.29, 0.717) is 53.7 Å². The summed E-state index contributed by atoms with van der Waals surface area (Å²) in [5.74, 6) is 1.44. The molecule has 0 saturated heterocycles. The molecule has 0 aliphatic carbocycles. The molecule has 2 aromatic heterocycles. The van der Waals surface area contributed by atoms with Crippen LogP contribution in [0.25, 0.3) is 11.5 Å². The minimum atomic E-state index is -0.653. The molecule has 0 unspecified atom stereocenters. The number of nitrogens with one attached hydrogen (secondary N) is 1. The molecule has 1 atom stereocenters. The molecule has 1 N–H and O–H groups in total. The quantitative estimate of drug-likeness (QED) is 0.648. The Hall–Kier alpha value is -3.75. The van der Waals surface area contributed by atoms with Gasteiger partial charge in [0.1, 0.15) is 17.2 Å². The molecular formula is C22H23N5O4. The van der Waals surface area contributed by atoms with E-state index in [1.165, 1.54) is 0 Å². The van der Waals surface area contributed by atoms with Gasteiger partial charge >= 0.3 is 0 Å². The Morgan fingerprint density at radius 2 is 2.13 bits per heavy atom. The topological polar surface area (TPSA) is 110 Å². The highest BCUT2D eigenvalue weighted by molar-refractivity contribution is 5.81. The van der Waals surface area contributed by atoms with E-state index in [9.17, 15) is 9.59 Å². The van der Waals surface area contributed by atoms with Crippen molar-refractivity contribution in [3.8, 4) is 23.0 Å². The fourth-order valence-electron chi connectivity index (χ4n) is 3.51. The van der Waals surface area contributed by atoms with Gasteiger partial charge in [0.25, 0.3) is 11.5 Å². The van der Waals surface area contributed by atoms with Crippen LogP contribution in [0.5, 0.6) is 11.5 Å². The molecular weight excluding hydrogens is 398 g/mol. The predicted molar refractivity (Wildman–Crippen MR) is 113 cm³/mol. The second kappa shape index (κ2) is 8.95. The number of aromatic amines is 1. The molecule has 9 heteroatoms. The van der Waals surface area contributed by atoms with Crippen LogP contribution in [0, 0.1) is 0 Å². The highest BCUT2D eigenvalue weighted by Gasteiger charge is 2.30. The van der Waals surface area contributed by atoms with Crippen molar-refractivity contribution < 1.29 is 14.3 Å². The van der Waals surface area contributed by atoms with Crippen LogP contribution in [-0.4, -0.2) is 50.5 Å². The maximum Gasteiger partial charge on any atom is 0.263 e. The summed E-state index contributed by atoms with van der Waals surface area (Å²) in [4.78, 5) is 43.0. The monoisotopic (exact) mass is 421 g/mol. The maximum atomic E-state index is 13.1. The van der Waals surface area contributed by atoms with Gasteiger partial charge in [0.15, 0.2) is 11.9 Å². The van der Waals surface area contributed by atoms with E-state index in [1.54, 1.807) is 42.7 Å². The molecule has 0 fully saturated rings. The lowest BCUT2D eigenvalue weighted by Gasteiger charge is -2.31. The van der Waals surface area contributed by atoms with Crippen LogP contribution in [-0.2, 0) is 17.8 Å². The fourth-order valence-corrected chi connectivity index (χ4v) is 3.51. The number of amides is 1. The molecule has 1 aliphatic rings. The lowest BCUT2D eigenvalue weighted by molar-refractivity contribution is -0.139. The van der Waals surface area contributed by atoms with Gasteiger partial charge in [-0.15, -0.1) is 0 Å². The zero-order chi connectivity index (χ0) is 21.8. The summed E-state index contributed by atoms with van der Waals surface area (Å²) in [5, 5.41) is 0. The number of hydrogen-bond acceptors (Lipinski definition) is 7. The summed E-state index contributed by atoms with van der Waals surface area (Å²) in [6.07, 6.45) is 4.97. The first kappa shape index (κ1) is 20.5. The largest absolute Gasteiger partial charge is 0.497 e. The first-order valence-corrected chi connectivity index (χ1v) is 10.1.